The highest BCUT2D eigenvalue weighted by Crippen LogP contribution is 2.48. The summed E-state index contributed by atoms with van der Waals surface area (Å²) < 4.78 is 10.2. The smallest absolute Gasteiger partial charge is 0.320 e. The zero-order valence-electron chi connectivity index (χ0n) is 20.2. The summed E-state index contributed by atoms with van der Waals surface area (Å²) in [5.74, 6) is 1.56. The highest BCUT2D eigenvalue weighted by Gasteiger charge is 2.46. The SMILES string of the molecule is COc1cc2nc(SC3(C(=O)O)CCC3)nc(Nc3ccc(C4CC4)c4ccccc34)c2cc1OC. The van der Waals surface area contributed by atoms with Crippen LogP contribution in [0.15, 0.2) is 53.7 Å². The van der Waals surface area contributed by atoms with Gasteiger partial charge in [0.15, 0.2) is 16.7 Å². The Hall–Kier alpha value is -3.52. The van der Waals surface area contributed by atoms with Gasteiger partial charge in [-0.05, 0) is 61.1 Å². The number of carboxylic acid groups (broad SMARTS) is 1. The molecule has 2 aliphatic carbocycles. The number of hydrogen-bond donors (Lipinski definition) is 2. The quantitative estimate of drug-likeness (QED) is 0.264. The van der Waals surface area contributed by atoms with Crippen LogP contribution in [-0.4, -0.2) is 40.0 Å². The Morgan fingerprint density at radius 1 is 1.00 bits per heavy atom. The first-order valence-corrected chi connectivity index (χ1v) is 13.0. The number of thioether (sulfide) groups is 1. The second-order valence-electron chi connectivity index (χ2n) is 9.48. The van der Waals surface area contributed by atoms with Crippen molar-refractivity contribution in [3.63, 3.8) is 0 Å². The van der Waals surface area contributed by atoms with E-state index in [1.807, 2.05) is 18.2 Å². The topological polar surface area (TPSA) is 93.6 Å². The predicted octanol–water partition coefficient (Wildman–Crippen LogP) is 6.52. The summed E-state index contributed by atoms with van der Waals surface area (Å²) in [6.45, 7) is 0. The first kappa shape index (κ1) is 22.9. The predicted molar refractivity (Wildman–Crippen MR) is 142 cm³/mol. The van der Waals surface area contributed by atoms with E-state index in [9.17, 15) is 9.90 Å². The van der Waals surface area contributed by atoms with Gasteiger partial charge in [-0.2, -0.15) is 0 Å². The molecule has 3 aromatic carbocycles. The molecule has 0 amide bonds. The van der Waals surface area contributed by atoms with Crippen LogP contribution in [0.3, 0.4) is 0 Å². The molecule has 0 bridgehead atoms. The minimum absolute atomic E-state index is 0.429. The van der Waals surface area contributed by atoms with E-state index in [1.54, 1.807) is 14.2 Å². The van der Waals surface area contributed by atoms with Crippen molar-refractivity contribution in [3.8, 4) is 11.5 Å². The van der Waals surface area contributed by atoms with Gasteiger partial charge >= 0.3 is 5.97 Å². The van der Waals surface area contributed by atoms with Gasteiger partial charge in [0.05, 0.1) is 19.7 Å². The van der Waals surface area contributed by atoms with E-state index in [0.717, 1.165) is 22.9 Å². The summed E-state index contributed by atoms with van der Waals surface area (Å²) in [5.41, 5.74) is 2.99. The summed E-state index contributed by atoms with van der Waals surface area (Å²) in [6.07, 6.45) is 4.58. The molecular formula is C28H27N3O4S. The Balaban J connectivity index is 1.49. The molecule has 0 aliphatic heterocycles. The van der Waals surface area contributed by atoms with Crippen LogP contribution in [0.2, 0.25) is 0 Å². The van der Waals surface area contributed by atoms with Crippen molar-refractivity contribution < 1.29 is 19.4 Å². The molecule has 7 nitrogen and oxygen atoms in total. The Labute approximate surface area is 213 Å². The molecule has 2 fully saturated rings. The van der Waals surface area contributed by atoms with Gasteiger partial charge in [0.25, 0.3) is 0 Å². The molecule has 0 atom stereocenters. The van der Waals surface area contributed by atoms with E-state index < -0.39 is 10.7 Å². The van der Waals surface area contributed by atoms with Gasteiger partial charge in [-0.25, -0.2) is 9.97 Å². The number of carbonyl (C=O) groups is 1. The fourth-order valence-electron chi connectivity index (χ4n) is 4.92. The monoisotopic (exact) mass is 501 g/mol. The van der Waals surface area contributed by atoms with E-state index in [1.165, 1.54) is 35.6 Å². The molecule has 6 rings (SSSR count). The van der Waals surface area contributed by atoms with Crippen molar-refractivity contribution in [2.75, 3.05) is 19.5 Å². The second-order valence-corrected chi connectivity index (χ2v) is 10.8. The Bertz CT molecular complexity index is 1500. The lowest BCUT2D eigenvalue weighted by Crippen LogP contribution is -2.42. The summed E-state index contributed by atoms with van der Waals surface area (Å²) in [6, 6.07) is 16.4. The van der Waals surface area contributed by atoms with Crippen LogP contribution in [0.25, 0.3) is 21.7 Å². The van der Waals surface area contributed by atoms with Crippen molar-refractivity contribution in [1.29, 1.82) is 0 Å². The van der Waals surface area contributed by atoms with E-state index >= 15 is 0 Å². The number of methoxy groups -OCH3 is 2. The molecule has 8 heteroatoms. The molecule has 0 radical (unpaired) electrons. The third kappa shape index (κ3) is 3.89. The van der Waals surface area contributed by atoms with Gasteiger partial charge in [0, 0.05) is 22.5 Å². The summed E-state index contributed by atoms with van der Waals surface area (Å²) >= 11 is 1.23. The van der Waals surface area contributed by atoms with E-state index in [-0.39, 0.29) is 0 Å². The molecule has 2 aliphatic rings. The van der Waals surface area contributed by atoms with Gasteiger partial charge in [-0.3, -0.25) is 4.79 Å². The summed E-state index contributed by atoms with van der Waals surface area (Å²) in [4.78, 5) is 21.6. The maximum absolute atomic E-state index is 12.0. The van der Waals surface area contributed by atoms with Gasteiger partial charge < -0.3 is 19.9 Å². The zero-order chi connectivity index (χ0) is 24.9. The van der Waals surface area contributed by atoms with Crippen molar-refractivity contribution in [3.05, 3.63) is 54.1 Å². The molecular weight excluding hydrogens is 474 g/mol. The number of nitrogens with zero attached hydrogens (tertiary/aromatic N) is 2. The average Bonchev–Trinajstić information content (AvgIpc) is 3.71. The van der Waals surface area contributed by atoms with Crippen LogP contribution >= 0.6 is 11.8 Å². The van der Waals surface area contributed by atoms with Crippen LogP contribution in [-0.2, 0) is 4.79 Å². The maximum Gasteiger partial charge on any atom is 0.320 e. The zero-order valence-corrected chi connectivity index (χ0v) is 21.0. The van der Waals surface area contributed by atoms with Crippen LogP contribution in [0, 0.1) is 0 Å². The highest BCUT2D eigenvalue weighted by molar-refractivity contribution is 8.01. The molecule has 2 saturated carbocycles. The fraction of sp³-hybridized carbons (Fsp3) is 0.321. The Kier molecular flexibility index (Phi) is 5.63. The summed E-state index contributed by atoms with van der Waals surface area (Å²) in [5, 5.41) is 17.0. The van der Waals surface area contributed by atoms with E-state index in [0.29, 0.717) is 46.7 Å². The van der Waals surface area contributed by atoms with E-state index in [2.05, 4.69) is 35.6 Å². The number of aliphatic carboxylic acids is 1. The first-order chi connectivity index (χ1) is 17.5. The second kappa shape index (κ2) is 8.85. The number of rotatable bonds is 8. The molecule has 1 aromatic heterocycles. The third-order valence-electron chi connectivity index (χ3n) is 7.25. The molecule has 0 unspecified atom stereocenters. The Morgan fingerprint density at radius 2 is 1.72 bits per heavy atom. The van der Waals surface area contributed by atoms with Gasteiger partial charge in [0.1, 0.15) is 10.6 Å². The third-order valence-corrected chi connectivity index (χ3v) is 8.58. The maximum atomic E-state index is 12.0. The lowest BCUT2D eigenvalue weighted by atomic mass is 9.84. The molecule has 0 saturated heterocycles. The lowest BCUT2D eigenvalue weighted by Gasteiger charge is -2.36. The number of anilines is 2. The molecule has 2 N–H and O–H groups in total. The number of hydrogen-bond acceptors (Lipinski definition) is 7. The minimum atomic E-state index is -0.875. The number of nitrogens with one attached hydrogen (secondary N) is 1. The largest absolute Gasteiger partial charge is 0.493 e. The Morgan fingerprint density at radius 3 is 2.36 bits per heavy atom. The molecule has 1 heterocycles. The van der Waals surface area contributed by atoms with Crippen molar-refractivity contribution >= 4 is 50.9 Å². The highest BCUT2D eigenvalue weighted by atomic mass is 32.2. The van der Waals surface area contributed by atoms with Crippen LogP contribution in [0.1, 0.15) is 43.6 Å². The lowest BCUT2D eigenvalue weighted by molar-refractivity contribution is -0.142. The minimum Gasteiger partial charge on any atom is -0.493 e. The van der Waals surface area contributed by atoms with Gasteiger partial charge in [-0.15, -0.1) is 0 Å². The molecule has 0 spiro atoms. The molecule has 4 aromatic rings. The van der Waals surface area contributed by atoms with Crippen LogP contribution in [0.5, 0.6) is 11.5 Å². The van der Waals surface area contributed by atoms with Crippen LogP contribution in [0.4, 0.5) is 11.5 Å². The van der Waals surface area contributed by atoms with Gasteiger partial charge in [-0.1, -0.05) is 42.1 Å². The van der Waals surface area contributed by atoms with Crippen molar-refractivity contribution in [1.82, 2.24) is 9.97 Å². The normalized spacial score (nSPS) is 16.5. The van der Waals surface area contributed by atoms with Crippen LogP contribution < -0.4 is 14.8 Å². The number of ether oxygens (including phenoxy) is 2. The molecule has 36 heavy (non-hydrogen) atoms. The number of benzene rings is 3. The summed E-state index contributed by atoms with van der Waals surface area (Å²) in [7, 11) is 3.18. The fourth-order valence-corrected chi connectivity index (χ4v) is 6.13. The first-order valence-electron chi connectivity index (χ1n) is 12.2. The average molecular weight is 502 g/mol. The van der Waals surface area contributed by atoms with Gasteiger partial charge in [0.2, 0.25) is 0 Å². The molecule has 184 valence electrons. The van der Waals surface area contributed by atoms with Crippen molar-refractivity contribution in [2.24, 2.45) is 0 Å². The van der Waals surface area contributed by atoms with E-state index in [4.69, 9.17) is 19.4 Å². The standard InChI is InChI=1S/C28H27N3O4S/c1-34-23-14-20-22(15-24(23)35-2)30-27(36-28(26(32)33)12-5-13-28)31-25(20)29-21-11-10-17(16-8-9-16)18-6-3-4-7-19(18)21/h3-4,6-7,10-11,14-16H,5,8-9,12-13H2,1-2H3,(H,32,33)(H,29,30,31). The van der Waals surface area contributed by atoms with Crippen molar-refractivity contribution in [2.45, 2.75) is 47.9 Å². The number of fused-ring (bicyclic) bond motifs is 2. The number of carboxylic acids is 1. The number of aromatic nitrogens is 2.